The maximum atomic E-state index is 12.8. The summed E-state index contributed by atoms with van der Waals surface area (Å²) >= 11 is 0. The summed E-state index contributed by atoms with van der Waals surface area (Å²) in [5.41, 5.74) is 0.996. The number of ether oxygens (including phenoxy) is 2. The van der Waals surface area contributed by atoms with Gasteiger partial charge in [0.05, 0.1) is 12.0 Å². The molecule has 194 valence electrons. The van der Waals surface area contributed by atoms with E-state index in [1.807, 2.05) is 20.8 Å². The van der Waals surface area contributed by atoms with Crippen molar-refractivity contribution in [1.82, 2.24) is 10.2 Å². The van der Waals surface area contributed by atoms with Crippen LogP contribution in [0.3, 0.4) is 0 Å². The molecule has 0 bridgehead atoms. The summed E-state index contributed by atoms with van der Waals surface area (Å²) in [5, 5.41) is 3.93. The lowest BCUT2D eigenvalue weighted by molar-refractivity contribution is -0.162. The van der Waals surface area contributed by atoms with E-state index in [0.29, 0.717) is 12.0 Å². The first-order chi connectivity index (χ1) is 16.8. The van der Waals surface area contributed by atoms with Gasteiger partial charge in [-0.2, -0.15) is 0 Å². The van der Waals surface area contributed by atoms with Crippen molar-refractivity contribution in [3.63, 3.8) is 0 Å². The summed E-state index contributed by atoms with van der Waals surface area (Å²) in [6.07, 6.45) is 9.51. The summed E-state index contributed by atoms with van der Waals surface area (Å²) in [4.78, 5) is 15.4. The minimum atomic E-state index is -0.409. The quantitative estimate of drug-likeness (QED) is 0.442. The molecule has 35 heavy (non-hydrogen) atoms. The molecular formula is C30H46N2O3. The third kappa shape index (κ3) is 6.47. The van der Waals surface area contributed by atoms with Gasteiger partial charge in [-0.15, -0.1) is 0 Å². The number of carbonyl (C=O) groups excluding carboxylic acids is 1. The van der Waals surface area contributed by atoms with Crippen LogP contribution in [0.2, 0.25) is 0 Å². The van der Waals surface area contributed by atoms with Crippen molar-refractivity contribution in [2.45, 2.75) is 89.7 Å². The molecule has 0 aromatic heterocycles. The highest BCUT2D eigenvalue weighted by Crippen LogP contribution is 2.49. The molecule has 1 aromatic rings. The average Bonchev–Trinajstić information content (AvgIpc) is 3.71. The Morgan fingerprint density at radius 3 is 2.40 bits per heavy atom. The maximum absolute atomic E-state index is 12.8. The van der Waals surface area contributed by atoms with E-state index in [0.717, 1.165) is 71.0 Å². The number of esters is 1. The standard InChI is InChI=1S/C30H46N2O3/c1-28(2,3)35-27(33)30(12-13-30)21-32-16-14-29(15-17-32,22-34-19-23-8-7-9-23)20-31-26-18-25(26)24-10-5-4-6-11-24/h4-6,10-11,23,25-26,31H,7-9,12-22H2,1-3H3/t25-,26+/m0/s1. The molecule has 0 radical (unpaired) electrons. The van der Waals surface area contributed by atoms with E-state index in [9.17, 15) is 4.79 Å². The molecular weight excluding hydrogens is 436 g/mol. The van der Waals surface area contributed by atoms with E-state index in [1.165, 1.54) is 31.2 Å². The van der Waals surface area contributed by atoms with Crippen LogP contribution in [-0.4, -0.2) is 61.9 Å². The zero-order valence-corrected chi connectivity index (χ0v) is 22.2. The van der Waals surface area contributed by atoms with Gasteiger partial charge in [0, 0.05) is 37.1 Å². The predicted octanol–water partition coefficient (Wildman–Crippen LogP) is 5.15. The zero-order valence-electron chi connectivity index (χ0n) is 22.2. The average molecular weight is 483 g/mol. The Balaban J connectivity index is 1.14. The monoisotopic (exact) mass is 482 g/mol. The molecule has 1 heterocycles. The molecule has 0 unspecified atom stereocenters. The fourth-order valence-corrected chi connectivity index (χ4v) is 5.89. The number of benzene rings is 1. The van der Waals surface area contributed by atoms with Gasteiger partial charge in [0.25, 0.3) is 0 Å². The molecule has 0 spiro atoms. The second kappa shape index (κ2) is 10.1. The maximum Gasteiger partial charge on any atom is 0.313 e. The minimum Gasteiger partial charge on any atom is -0.460 e. The number of hydrogen-bond donors (Lipinski definition) is 1. The van der Waals surface area contributed by atoms with Crippen LogP contribution < -0.4 is 5.32 Å². The molecule has 1 aromatic carbocycles. The number of carbonyl (C=O) groups is 1. The van der Waals surface area contributed by atoms with E-state index < -0.39 is 5.60 Å². The summed E-state index contributed by atoms with van der Waals surface area (Å²) in [5.74, 6) is 1.45. The van der Waals surface area contributed by atoms with Crippen molar-refractivity contribution in [3.05, 3.63) is 35.9 Å². The normalized spacial score (nSPS) is 27.7. The highest BCUT2D eigenvalue weighted by atomic mass is 16.6. The van der Waals surface area contributed by atoms with Crippen LogP contribution in [0.15, 0.2) is 30.3 Å². The van der Waals surface area contributed by atoms with E-state index in [4.69, 9.17) is 9.47 Å². The molecule has 1 N–H and O–H groups in total. The number of rotatable bonds is 11. The number of likely N-dealkylation sites (tertiary alicyclic amines) is 1. The van der Waals surface area contributed by atoms with Gasteiger partial charge in [-0.3, -0.25) is 4.79 Å². The van der Waals surface area contributed by atoms with Crippen molar-refractivity contribution in [2.75, 3.05) is 39.4 Å². The van der Waals surface area contributed by atoms with Crippen LogP contribution in [0, 0.1) is 16.7 Å². The Bertz CT molecular complexity index is 848. The second-order valence-corrected chi connectivity index (χ2v) is 13.1. The van der Waals surface area contributed by atoms with Gasteiger partial charge >= 0.3 is 5.97 Å². The molecule has 5 heteroatoms. The SMILES string of the molecule is CC(C)(C)OC(=O)C1(CN2CCC(CN[C@@H]3C[C@H]3c3ccccc3)(COCC3CCC3)CC2)CC1. The molecule has 4 fully saturated rings. The molecule has 5 nitrogen and oxygen atoms in total. The third-order valence-corrected chi connectivity index (χ3v) is 8.87. The summed E-state index contributed by atoms with van der Waals surface area (Å²) in [6, 6.07) is 11.5. The van der Waals surface area contributed by atoms with Gasteiger partial charge in [0.2, 0.25) is 0 Å². The molecule has 3 saturated carbocycles. The van der Waals surface area contributed by atoms with Gasteiger partial charge in [-0.1, -0.05) is 36.8 Å². The smallest absolute Gasteiger partial charge is 0.313 e. The Hall–Kier alpha value is -1.43. The molecule has 3 aliphatic carbocycles. The topological polar surface area (TPSA) is 50.8 Å². The molecule has 4 aliphatic rings. The zero-order chi connectivity index (χ0) is 24.5. The van der Waals surface area contributed by atoms with E-state index in [2.05, 4.69) is 40.5 Å². The van der Waals surface area contributed by atoms with Gasteiger partial charge in [0.15, 0.2) is 0 Å². The van der Waals surface area contributed by atoms with E-state index in [-0.39, 0.29) is 16.8 Å². The third-order valence-electron chi connectivity index (χ3n) is 8.87. The first kappa shape index (κ1) is 25.2. The predicted molar refractivity (Wildman–Crippen MR) is 139 cm³/mol. The largest absolute Gasteiger partial charge is 0.460 e. The van der Waals surface area contributed by atoms with Crippen LogP contribution >= 0.6 is 0 Å². The Labute approximate surface area is 212 Å². The lowest BCUT2D eigenvalue weighted by atomic mass is 9.78. The fraction of sp³-hybridized carbons (Fsp3) is 0.767. The van der Waals surface area contributed by atoms with Crippen molar-refractivity contribution >= 4 is 5.97 Å². The van der Waals surface area contributed by atoms with Crippen LogP contribution in [0.5, 0.6) is 0 Å². The van der Waals surface area contributed by atoms with Crippen molar-refractivity contribution < 1.29 is 14.3 Å². The minimum absolute atomic E-state index is 0.00743. The molecule has 1 saturated heterocycles. The Kier molecular flexibility index (Phi) is 7.31. The Morgan fingerprint density at radius 1 is 1.09 bits per heavy atom. The van der Waals surface area contributed by atoms with E-state index in [1.54, 1.807) is 0 Å². The van der Waals surface area contributed by atoms with Crippen molar-refractivity contribution in [1.29, 1.82) is 0 Å². The van der Waals surface area contributed by atoms with Crippen LogP contribution in [0.1, 0.15) is 83.6 Å². The van der Waals surface area contributed by atoms with Gasteiger partial charge in [0.1, 0.15) is 5.60 Å². The van der Waals surface area contributed by atoms with Gasteiger partial charge in [-0.05, 0) is 90.3 Å². The molecule has 5 rings (SSSR count). The van der Waals surface area contributed by atoms with Crippen LogP contribution in [0.4, 0.5) is 0 Å². The first-order valence-electron chi connectivity index (χ1n) is 14.1. The van der Waals surface area contributed by atoms with Crippen LogP contribution in [0.25, 0.3) is 0 Å². The summed E-state index contributed by atoms with van der Waals surface area (Å²) in [7, 11) is 0. The van der Waals surface area contributed by atoms with Crippen LogP contribution in [-0.2, 0) is 14.3 Å². The number of piperidine rings is 1. The summed E-state index contributed by atoms with van der Waals surface area (Å²) in [6.45, 7) is 11.7. The van der Waals surface area contributed by atoms with Gasteiger partial charge < -0.3 is 19.7 Å². The second-order valence-electron chi connectivity index (χ2n) is 13.1. The molecule has 0 amide bonds. The molecule has 1 aliphatic heterocycles. The number of nitrogens with zero attached hydrogens (tertiary/aromatic N) is 1. The number of hydrogen-bond acceptors (Lipinski definition) is 5. The first-order valence-corrected chi connectivity index (χ1v) is 14.1. The van der Waals surface area contributed by atoms with Crippen molar-refractivity contribution in [3.8, 4) is 0 Å². The lowest BCUT2D eigenvalue weighted by Gasteiger charge is -2.43. The molecule has 2 atom stereocenters. The van der Waals surface area contributed by atoms with Gasteiger partial charge in [-0.25, -0.2) is 0 Å². The van der Waals surface area contributed by atoms with E-state index >= 15 is 0 Å². The highest BCUT2D eigenvalue weighted by molar-refractivity contribution is 5.80. The van der Waals surface area contributed by atoms with Crippen molar-refractivity contribution in [2.24, 2.45) is 16.7 Å². The highest BCUT2D eigenvalue weighted by Gasteiger charge is 2.53. The number of nitrogens with one attached hydrogen (secondary N) is 1. The lowest BCUT2D eigenvalue weighted by Crippen LogP contribution is -2.50. The Morgan fingerprint density at radius 2 is 1.80 bits per heavy atom. The summed E-state index contributed by atoms with van der Waals surface area (Å²) < 4.78 is 12.1. The fourth-order valence-electron chi connectivity index (χ4n) is 5.89.